The molecule has 1 atom stereocenters. The third kappa shape index (κ3) is 1.09. The maximum absolute atomic E-state index is 10.1. The molecular weight excluding hydrogens is 152 g/mol. The number of hydrogen-bond donors (Lipinski definition) is 1. The lowest BCUT2D eigenvalue weighted by atomic mass is 9.67. The Bertz CT molecular complexity index is 154. The lowest BCUT2D eigenvalue weighted by Crippen LogP contribution is -2.54. The standard InChI is InChI=1S/C10H18O2/c1-2-10(6-12-7-10)9(11)8-4-3-5-8/h8-9,11H,2-7H2,1H3. The molecule has 12 heavy (non-hydrogen) atoms. The van der Waals surface area contributed by atoms with E-state index in [0.717, 1.165) is 19.6 Å². The van der Waals surface area contributed by atoms with Crippen LogP contribution in [0.25, 0.3) is 0 Å². The zero-order valence-corrected chi connectivity index (χ0v) is 7.75. The summed E-state index contributed by atoms with van der Waals surface area (Å²) in [7, 11) is 0. The summed E-state index contributed by atoms with van der Waals surface area (Å²) < 4.78 is 5.21. The van der Waals surface area contributed by atoms with Gasteiger partial charge in [0.1, 0.15) is 0 Å². The Hall–Kier alpha value is -0.0800. The molecule has 1 unspecified atom stereocenters. The van der Waals surface area contributed by atoms with Gasteiger partial charge in [-0.2, -0.15) is 0 Å². The van der Waals surface area contributed by atoms with Crippen molar-refractivity contribution >= 4 is 0 Å². The molecule has 0 amide bonds. The van der Waals surface area contributed by atoms with Gasteiger partial charge in [-0.15, -0.1) is 0 Å². The van der Waals surface area contributed by atoms with E-state index in [1.165, 1.54) is 19.3 Å². The molecule has 2 heteroatoms. The van der Waals surface area contributed by atoms with Gasteiger partial charge < -0.3 is 9.84 Å². The molecule has 2 nitrogen and oxygen atoms in total. The van der Waals surface area contributed by atoms with Crippen LogP contribution in [0.5, 0.6) is 0 Å². The van der Waals surface area contributed by atoms with E-state index >= 15 is 0 Å². The summed E-state index contributed by atoms with van der Waals surface area (Å²) in [5, 5.41) is 10.1. The molecule has 1 heterocycles. The smallest absolute Gasteiger partial charge is 0.0668 e. The summed E-state index contributed by atoms with van der Waals surface area (Å²) in [5.74, 6) is 0.578. The number of aliphatic hydroxyl groups excluding tert-OH is 1. The number of rotatable bonds is 3. The average molecular weight is 170 g/mol. The average Bonchev–Trinajstić information content (AvgIpc) is 1.81. The molecule has 1 aliphatic carbocycles. The molecule has 1 N–H and O–H groups in total. The van der Waals surface area contributed by atoms with E-state index in [1.807, 2.05) is 0 Å². The second-order valence-electron chi connectivity index (χ2n) is 4.34. The molecule has 1 saturated carbocycles. The minimum absolute atomic E-state index is 0.0926. The summed E-state index contributed by atoms with van der Waals surface area (Å²) in [6, 6.07) is 0. The molecule has 2 rings (SSSR count). The van der Waals surface area contributed by atoms with Gasteiger partial charge in [-0.1, -0.05) is 13.3 Å². The highest BCUT2D eigenvalue weighted by Gasteiger charge is 2.47. The first-order valence-corrected chi connectivity index (χ1v) is 5.04. The van der Waals surface area contributed by atoms with Crippen molar-refractivity contribution in [3.8, 4) is 0 Å². The quantitative estimate of drug-likeness (QED) is 0.696. The van der Waals surface area contributed by atoms with E-state index in [4.69, 9.17) is 4.74 Å². The zero-order chi connectivity index (χ0) is 8.60. The highest BCUT2D eigenvalue weighted by Crippen LogP contribution is 2.43. The van der Waals surface area contributed by atoms with Gasteiger partial charge in [-0.3, -0.25) is 0 Å². The first kappa shape index (κ1) is 8.52. The minimum atomic E-state index is -0.0926. The second kappa shape index (κ2) is 3.00. The molecule has 0 spiro atoms. The molecule has 0 radical (unpaired) electrons. The largest absolute Gasteiger partial charge is 0.392 e. The Labute approximate surface area is 73.9 Å². The Morgan fingerprint density at radius 3 is 2.42 bits per heavy atom. The van der Waals surface area contributed by atoms with Crippen LogP contribution in [0.3, 0.4) is 0 Å². The molecule has 1 saturated heterocycles. The van der Waals surface area contributed by atoms with Crippen LogP contribution in [0, 0.1) is 11.3 Å². The van der Waals surface area contributed by atoms with Gasteiger partial charge >= 0.3 is 0 Å². The number of ether oxygens (including phenoxy) is 1. The third-order valence-electron chi connectivity index (χ3n) is 3.71. The highest BCUT2D eigenvalue weighted by molar-refractivity contribution is 4.96. The van der Waals surface area contributed by atoms with Crippen molar-refractivity contribution < 1.29 is 9.84 Å². The van der Waals surface area contributed by atoms with Crippen molar-refractivity contribution in [1.29, 1.82) is 0 Å². The van der Waals surface area contributed by atoms with Crippen LogP contribution in [0.4, 0.5) is 0 Å². The fourth-order valence-corrected chi connectivity index (χ4v) is 2.20. The fourth-order valence-electron chi connectivity index (χ4n) is 2.20. The van der Waals surface area contributed by atoms with Gasteiger partial charge in [-0.05, 0) is 25.2 Å². The van der Waals surface area contributed by atoms with E-state index in [2.05, 4.69) is 6.92 Å². The predicted molar refractivity (Wildman–Crippen MR) is 46.9 cm³/mol. The number of aliphatic hydroxyl groups is 1. The van der Waals surface area contributed by atoms with Crippen molar-refractivity contribution in [1.82, 2.24) is 0 Å². The van der Waals surface area contributed by atoms with Gasteiger partial charge in [0, 0.05) is 5.41 Å². The predicted octanol–water partition coefficient (Wildman–Crippen LogP) is 1.57. The first-order chi connectivity index (χ1) is 5.78. The highest BCUT2D eigenvalue weighted by atomic mass is 16.5. The van der Waals surface area contributed by atoms with E-state index < -0.39 is 0 Å². The summed E-state index contributed by atoms with van der Waals surface area (Å²) in [4.78, 5) is 0. The topological polar surface area (TPSA) is 29.5 Å². The maximum atomic E-state index is 10.1. The van der Waals surface area contributed by atoms with Crippen LogP contribution < -0.4 is 0 Å². The molecule has 2 fully saturated rings. The molecular formula is C10H18O2. The summed E-state index contributed by atoms with van der Waals surface area (Å²) >= 11 is 0. The van der Waals surface area contributed by atoms with Crippen molar-refractivity contribution in [2.24, 2.45) is 11.3 Å². The monoisotopic (exact) mass is 170 g/mol. The fraction of sp³-hybridized carbons (Fsp3) is 1.00. The Morgan fingerprint density at radius 1 is 1.50 bits per heavy atom. The zero-order valence-electron chi connectivity index (χ0n) is 7.75. The SMILES string of the molecule is CCC1(C(O)C2CCC2)COC1. The van der Waals surface area contributed by atoms with E-state index in [1.54, 1.807) is 0 Å². The van der Waals surface area contributed by atoms with Gasteiger partial charge in [0.2, 0.25) is 0 Å². The van der Waals surface area contributed by atoms with Crippen molar-refractivity contribution in [3.63, 3.8) is 0 Å². The molecule has 1 aliphatic heterocycles. The van der Waals surface area contributed by atoms with Crippen LogP contribution in [-0.2, 0) is 4.74 Å². The summed E-state index contributed by atoms with van der Waals surface area (Å²) in [6.45, 7) is 3.72. The minimum Gasteiger partial charge on any atom is -0.392 e. The van der Waals surface area contributed by atoms with Gasteiger partial charge in [-0.25, -0.2) is 0 Å². The molecule has 0 bridgehead atoms. The van der Waals surface area contributed by atoms with Gasteiger partial charge in [0.15, 0.2) is 0 Å². The number of hydrogen-bond acceptors (Lipinski definition) is 2. The summed E-state index contributed by atoms with van der Waals surface area (Å²) in [6.07, 6.45) is 4.73. The van der Waals surface area contributed by atoms with Crippen LogP contribution in [0.2, 0.25) is 0 Å². The van der Waals surface area contributed by atoms with Crippen LogP contribution in [-0.4, -0.2) is 24.4 Å². The van der Waals surface area contributed by atoms with Crippen LogP contribution in [0.15, 0.2) is 0 Å². The van der Waals surface area contributed by atoms with E-state index in [9.17, 15) is 5.11 Å². The van der Waals surface area contributed by atoms with E-state index in [0.29, 0.717) is 5.92 Å². The third-order valence-corrected chi connectivity index (χ3v) is 3.71. The lowest BCUT2D eigenvalue weighted by Gasteiger charge is -2.49. The molecule has 2 aliphatic rings. The Kier molecular flexibility index (Phi) is 2.13. The van der Waals surface area contributed by atoms with Crippen LogP contribution >= 0.6 is 0 Å². The van der Waals surface area contributed by atoms with Crippen LogP contribution in [0.1, 0.15) is 32.6 Å². The molecule has 0 aromatic carbocycles. The van der Waals surface area contributed by atoms with Crippen molar-refractivity contribution in [2.75, 3.05) is 13.2 Å². The molecule has 70 valence electrons. The lowest BCUT2D eigenvalue weighted by molar-refractivity contribution is -0.194. The van der Waals surface area contributed by atoms with Crippen molar-refractivity contribution in [3.05, 3.63) is 0 Å². The second-order valence-corrected chi connectivity index (χ2v) is 4.34. The summed E-state index contributed by atoms with van der Waals surface area (Å²) in [5.41, 5.74) is 0.130. The van der Waals surface area contributed by atoms with Gasteiger partial charge in [0.05, 0.1) is 19.3 Å². The maximum Gasteiger partial charge on any atom is 0.0668 e. The van der Waals surface area contributed by atoms with E-state index in [-0.39, 0.29) is 11.5 Å². The Balaban J connectivity index is 1.95. The van der Waals surface area contributed by atoms with Crippen molar-refractivity contribution in [2.45, 2.75) is 38.7 Å². The Morgan fingerprint density at radius 2 is 2.17 bits per heavy atom. The normalized spacial score (nSPS) is 30.5. The molecule has 0 aromatic rings. The molecule has 0 aromatic heterocycles. The first-order valence-electron chi connectivity index (χ1n) is 5.04. The van der Waals surface area contributed by atoms with Gasteiger partial charge in [0.25, 0.3) is 0 Å².